The fourth-order valence-electron chi connectivity index (χ4n) is 2.53. The van der Waals surface area contributed by atoms with Crippen molar-refractivity contribution in [3.63, 3.8) is 0 Å². The highest BCUT2D eigenvalue weighted by Gasteiger charge is 2.26. The van der Waals surface area contributed by atoms with Crippen LogP contribution in [-0.4, -0.2) is 23.5 Å². The highest BCUT2D eigenvalue weighted by Crippen LogP contribution is 2.27. The lowest BCUT2D eigenvalue weighted by atomic mass is 9.94. The van der Waals surface area contributed by atoms with Gasteiger partial charge in [-0.1, -0.05) is 12.8 Å². The predicted molar refractivity (Wildman–Crippen MR) is 77.8 cm³/mol. The zero-order valence-electron chi connectivity index (χ0n) is 11.0. The van der Waals surface area contributed by atoms with Gasteiger partial charge in [0.25, 0.3) is 5.91 Å². The van der Waals surface area contributed by atoms with Crippen LogP contribution in [0.4, 0.5) is 10.1 Å². The van der Waals surface area contributed by atoms with Gasteiger partial charge in [-0.3, -0.25) is 4.79 Å². The molecule has 104 valence electrons. The van der Waals surface area contributed by atoms with E-state index in [1.54, 1.807) is 11.8 Å². The number of nitrogen functional groups attached to an aromatic ring is 1. The number of carbonyl (C=O) groups is 1. The molecule has 1 aliphatic rings. The van der Waals surface area contributed by atoms with E-state index < -0.39 is 5.82 Å². The van der Waals surface area contributed by atoms with E-state index in [1.807, 2.05) is 0 Å². The van der Waals surface area contributed by atoms with Gasteiger partial charge in [0.15, 0.2) is 0 Å². The van der Waals surface area contributed by atoms with Gasteiger partial charge in [0.2, 0.25) is 0 Å². The highest BCUT2D eigenvalue weighted by atomic mass is 32.2. The minimum absolute atomic E-state index is 0.181. The highest BCUT2D eigenvalue weighted by molar-refractivity contribution is 7.99. The molecule has 1 amide bonds. The molecule has 1 saturated carbocycles. The maximum absolute atomic E-state index is 13.0. The standard InChI is InChI=1S/C14H19FN2OS/c1-19-13-5-3-2-4-12(13)17-14(18)10-7-6-9(15)8-11(10)16/h6-8,12-13H,2-5,16H2,1H3,(H,17,18). The van der Waals surface area contributed by atoms with E-state index in [4.69, 9.17) is 5.73 Å². The first-order chi connectivity index (χ1) is 9.11. The molecule has 0 saturated heterocycles. The van der Waals surface area contributed by atoms with Gasteiger partial charge < -0.3 is 11.1 Å². The van der Waals surface area contributed by atoms with Crippen molar-refractivity contribution in [2.75, 3.05) is 12.0 Å². The zero-order chi connectivity index (χ0) is 13.8. The zero-order valence-corrected chi connectivity index (χ0v) is 11.8. The van der Waals surface area contributed by atoms with Crippen molar-refractivity contribution in [2.45, 2.75) is 37.0 Å². The number of thioether (sulfide) groups is 1. The summed E-state index contributed by atoms with van der Waals surface area (Å²) >= 11 is 1.79. The number of nitrogens with two attached hydrogens (primary N) is 1. The van der Waals surface area contributed by atoms with Gasteiger partial charge in [-0.15, -0.1) is 0 Å². The van der Waals surface area contributed by atoms with Crippen LogP contribution in [0.15, 0.2) is 18.2 Å². The van der Waals surface area contributed by atoms with Gasteiger partial charge in [-0.2, -0.15) is 11.8 Å². The third kappa shape index (κ3) is 3.41. The van der Waals surface area contributed by atoms with Gasteiger partial charge in [0.1, 0.15) is 5.82 Å². The molecule has 2 atom stereocenters. The Bertz CT molecular complexity index is 467. The average molecular weight is 282 g/mol. The molecular weight excluding hydrogens is 263 g/mol. The van der Waals surface area contributed by atoms with Crippen molar-refractivity contribution in [1.82, 2.24) is 5.32 Å². The van der Waals surface area contributed by atoms with Crippen LogP contribution in [0.25, 0.3) is 0 Å². The number of halogens is 1. The molecule has 1 aromatic carbocycles. The molecule has 1 aromatic rings. The number of rotatable bonds is 3. The summed E-state index contributed by atoms with van der Waals surface area (Å²) in [5.74, 6) is -0.628. The number of benzene rings is 1. The maximum Gasteiger partial charge on any atom is 0.253 e. The second-order valence-corrected chi connectivity index (χ2v) is 5.95. The largest absolute Gasteiger partial charge is 0.398 e. The van der Waals surface area contributed by atoms with Crippen molar-refractivity contribution in [1.29, 1.82) is 0 Å². The summed E-state index contributed by atoms with van der Waals surface area (Å²) < 4.78 is 13.0. The molecule has 19 heavy (non-hydrogen) atoms. The van der Waals surface area contributed by atoms with Crippen molar-refractivity contribution in [3.05, 3.63) is 29.6 Å². The van der Waals surface area contributed by atoms with Crippen LogP contribution in [0.2, 0.25) is 0 Å². The third-order valence-corrected chi connectivity index (χ3v) is 4.75. The molecule has 5 heteroatoms. The fourth-order valence-corrected chi connectivity index (χ4v) is 3.47. The number of nitrogens with one attached hydrogen (secondary N) is 1. The first kappa shape index (κ1) is 14.2. The van der Waals surface area contributed by atoms with Crippen LogP contribution in [0.5, 0.6) is 0 Å². The lowest BCUT2D eigenvalue weighted by Gasteiger charge is -2.31. The number of anilines is 1. The molecule has 0 aliphatic heterocycles. The normalized spacial score (nSPS) is 23.1. The molecule has 2 unspecified atom stereocenters. The molecule has 0 aromatic heterocycles. The lowest BCUT2D eigenvalue weighted by molar-refractivity contribution is 0.0930. The van der Waals surface area contributed by atoms with Gasteiger partial charge in [-0.05, 0) is 37.3 Å². The van der Waals surface area contributed by atoms with E-state index in [-0.39, 0.29) is 17.6 Å². The van der Waals surface area contributed by atoms with E-state index in [0.29, 0.717) is 10.8 Å². The van der Waals surface area contributed by atoms with Gasteiger partial charge in [0.05, 0.1) is 5.56 Å². The summed E-state index contributed by atoms with van der Waals surface area (Å²) in [6.45, 7) is 0. The molecular formula is C14H19FN2OS. The Morgan fingerprint density at radius 2 is 2.16 bits per heavy atom. The first-order valence-corrected chi connectivity index (χ1v) is 7.79. The third-order valence-electron chi connectivity index (χ3n) is 3.58. The smallest absolute Gasteiger partial charge is 0.253 e. The first-order valence-electron chi connectivity index (χ1n) is 6.50. The topological polar surface area (TPSA) is 55.1 Å². The van der Waals surface area contributed by atoms with E-state index in [9.17, 15) is 9.18 Å². The molecule has 3 N–H and O–H groups in total. The Morgan fingerprint density at radius 1 is 1.42 bits per heavy atom. The van der Waals surface area contributed by atoms with Crippen LogP contribution in [0.3, 0.4) is 0 Å². The second-order valence-electron chi connectivity index (χ2n) is 4.87. The van der Waals surface area contributed by atoms with Crippen LogP contribution < -0.4 is 11.1 Å². The Balaban J connectivity index is 2.07. The van der Waals surface area contributed by atoms with Crippen molar-refractivity contribution >= 4 is 23.4 Å². The minimum Gasteiger partial charge on any atom is -0.398 e. The van der Waals surface area contributed by atoms with Gasteiger partial charge >= 0.3 is 0 Å². The average Bonchev–Trinajstić information content (AvgIpc) is 2.39. The summed E-state index contributed by atoms with van der Waals surface area (Å²) in [5, 5.41) is 3.49. The van der Waals surface area contributed by atoms with Crippen molar-refractivity contribution in [3.8, 4) is 0 Å². The van der Waals surface area contributed by atoms with Gasteiger partial charge in [0, 0.05) is 17.0 Å². The fraction of sp³-hybridized carbons (Fsp3) is 0.500. The lowest BCUT2D eigenvalue weighted by Crippen LogP contribution is -2.43. The van der Waals surface area contributed by atoms with Crippen LogP contribution in [-0.2, 0) is 0 Å². The van der Waals surface area contributed by atoms with E-state index in [2.05, 4.69) is 11.6 Å². The Kier molecular flexibility index (Phi) is 4.69. The van der Waals surface area contributed by atoms with Gasteiger partial charge in [-0.25, -0.2) is 4.39 Å². The molecule has 0 heterocycles. The molecule has 2 rings (SSSR count). The Hall–Kier alpha value is -1.23. The van der Waals surface area contributed by atoms with Crippen molar-refractivity contribution in [2.24, 2.45) is 0 Å². The Labute approximate surface area is 117 Å². The molecule has 3 nitrogen and oxygen atoms in total. The van der Waals surface area contributed by atoms with Crippen LogP contribution in [0, 0.1) is 5.82 Å². The summed E-state index contributed by atoms with van der Waals surface area (Å²) in [5.41, 5.74) is 6.23. The SMILES string of the molecule is CSC1CCCCC1NC(=O)c1ccc(F)cc1N. The summed E-state index contributed by atoms with van der Waals surface area (Å²) in [4.78, 5) is 12.2. The summed E-state index contributed by atoms with van der Waals surface area (Å²) in [6, 6.07) is 4.07. The second kappa shape index (κ2) is 6.28. The van der Waals surface area contributed by atoms with Crippen molar-refractivity contribution < 1.29 is 9.18 Å². The monoisotopic (exact) mass is 282 g/mol. The summed E-state index contributed by atoms with van der Waals surface area (Å²) in [7, 11) is 0. The van der Waals surface area contributed by atoms with E-state index >= 15 is 0 Å². The van der Waals surface area contributed by atoms with Crippen LogP contribution in [0.1, 0.15) is 36.0 Å². The van der Waals surface area contributed by atoms with Crippen LogP contribution >= 0.6 is 11.8 Å². The van der Waals surface area contributed by atoms with E-state index in [0.717, 1.165) is 19.3 Å². The number of amides is 1. The Morgan fingerprint density at radius 3 is 2.84 bits per heavy atom. The predicted octanol–water partition coefficient (Wildman–Crippen LogP) is 2.81. The maximum atomic E-state index is 13.0. The number of hydrogen-bond acceptors (Lipinski definition) is 3. The number of carbonyl (C=O) groups excluding carboxylic acids is 1. The molecule has 1 aliphatic carbocycles. The molecule has 1 fully saturated rings. The van der Waals surface area contributed by atoms with E-state index in [1.165, 1.54) is 24.6 Å². The molecule has 0 bridgehead atoms. The summed E-state index contributed by atoms with van der Waals surface area (Å²) in [6.07, 6.45) is 6.56. The number of hydrogen-bond donors (Lipinski definition) is 2. The minimum atomic E-state index is -0.422. The quantitative estimate of drug-likeness (QED) is 0.838. The molecule has 0 spiro atoms. The molecule has 0 radical (unpaired) electrons.